The van der Waals surface area contributed by atoms with E-state index in [-0.39, 0.29) is 5.54 Å². The average molecular weight is 279 g/mol. The fourth-order valence-electron chi connectivity index (χ4n) is 1.75. The Kier molecular flexibility index (Phi) is 6.41. The molecule has 108 valence electrons. The van der Waals surface area contributed by atoms with Gasteiger partial charge in [0.05, 0.1) is 0 Å². The van der Waals surface area contributed by atoms with Gasteiger partial charge < -0.3 is 5.32 Å². The van der Waals surface area contributed by atoms with Crippen molar-refractivity contribution in [3.63, 3.8) is 0 Å². The summed E-state index contributed by atoms with van der Waals surface area (Å²) in [6.07, 6.45) is 1.16. The summed E-state index contributed by atoms with van der Waals surface area (Å²) in [7, 11) is 0. The van der Waals surface area contributed by atoms with Crippen molar-refractivity contribution < 1.29 is 0 Å². The third kappa shape index (κ3) is 6.01. The molecule has 0 amide bonds. The SMILES string of the molecule is CCC(C)(C)NCC(C)Sc1ccc(C(C)C)cc1. The highest BCUT2D eigenvalue weighted by Crippen LogP contribution is 2.25. The number of benzene rings is 1. The molecule has 0 bridgehead atoms. The van der Waals surface area contributed by atoms with E-state index in [1.54, 1.807) is 0 Å². The number of rotatable bonds is 7. The smallest absolute Gasteiger partial charge is 0.0191 e. The molecule has 1 rings (SSSR count). The normalized spacial score (nSPS) is 13.8. The van der Waals surface area contributed by atoms with Crippen LogP contribution in [0.2, 0.25) is 0 Å². The number of hydrogen-bond donors (Lipinski definition) is 1. The van der Waals surface area contributed by atoms with Crippen LogP contribution in [0.3, 0.4) is 0 Å². The Bertz CT molecular complexity index is 367. The van der Waals surface area contributed by atoms with Crippen molar-refractivity contribution in [1.82, 2.24) is 5.32 Å². The molecular formula is C17H29NS. The molecule has 0 saturated carbocycles. The lowest BCUT2D eigenvalue weighted by atomic mass is 10.0. The molecule has 0 aliphatic carbocycles. The zero-order chi connectivity index (χ0) is 14.5. The van der Waals surface area contributed by atoms with Crippen LogP contribution < -0.4 is 5.32 Å². The van der Waals surface area contributed by atoms with Crippen LogP contribution >= 0.6 is 11.8 Å². The van der Waals surface area contributed by atoms with Gasteiger partial charge in [-0.3, -0.25) is 0 Å². The molecule has 1 aromatic rings. The van der Waals surface area contributed by atoms with Crippen LogP contribution in [0.25, 0.3) is 0 Å². The van der Waals surface area contributed by atoms with Crippen LogP contribution in [0.15, 0.2) is 29.2 Å². The highest BCUT2D eigenvalue weighted by atomic mass is 32.2. The number of nitrogens with one attached hydrogen (secondary N) is 1. The molecule has 1 nitrogen and oxygen atoms in total. The second kappa shape index (κ2) is 7.35. The van der Waals surface area contributed by atoms with Crippen LogP contribution in [0.4, 0.5) is 0 Å². The van der Waals surface area contributed by atoms with Gasteiger partial charge in [0, 0.05) is 22.2 Å². The van der Waals surface area contributed by atoms with Gasteiger partial charge in [-0.15, -0.1) is 11.8 Å². The van der Waals surface area contributed by atoms with E-state index < -0.39 is 0 Å². The fourth-order valence-corrected chi connectivity index (χ4v) is 2.67. The van der Waals surface area contributed by atoms with Gasteiger partial charge >= 0.3 is 0 Å². The van der Waals surface area contributed by atoms with E-state index in [1.807, 2.05) is 11.8 Å². The molecule has 0 aliphatic rings. The summed E-state index contributed by atoms with van der Waals surface area (Å²) in [5, 5.41) is 4.23. The van der Waals surface area contributed by atoms with E-state index in [0.717, 1.165) is 13.0 Å². The van der Waals surface area contributed by atoms with Crippen molar-refractivity contribution in [3.05, 3.63) is 29.8 Å². The first-order chi connectivity index (χ1) is 8.84. The van der Waals surface area contributed by atoms with Gasteiger partial charge in [-0.05, 0) is 43.9 Å². The van der Waals surface area contributed by atoms with E-state index in [4.69, 9.17) is 0 Å². The summed E-state index contributed by atoms with van der Waals surface area (Å²) in [6, 6.07) is 9.01. The summed E-state index contributed by atoms with van der Waals surface area (Å²) in [5.74, 6) is 0.614. The third-order valence-electron chi connectivity index (χ3n) is 3.64. The molecular weight excluding hydrogens is 250 g/mol. The van der Waals surface area contributed by atoms with Gasteiger partial charge in [-0.25, -0.2) is 0 Å². The number of hydrogen-bond acceptors (Lipinski definition) is 2. The largest absolute Gasteiger partial charge is 0.311 e. The molecule has 1 atom stereocenters. The first kappa shape index (κ1) is 16.6. The summed E-state index contributed by atoms with van der Waals surface area (Å²) < 4.78 is 0. The summed E-state index contributed by atoms with van der Waals surface area (Å²) in [5.41, 5.74) is 1.67. The Hall–Kier alpha value is -0.470. The average Bonchev–Trinajstić information content (AvgIpc) is 2.37. The lowest BCUT2D eigenvalue weighted by molar-refractivity contribution is 0.379. The Labute approximate surface area is 123 Å². The zero-order valence-electron chi connectivity index (χ0n) is 13.3. The predicted octanol–water partition coefficient (Wildman–Crippen LogP) is 5.07. The van der Waals surface area contributed by atoms with Crippen LogP contribution in [0.5, 0.6) is 0 Å². The van der Waals surface area contributed by atoms with Gasteiger partial charge in [-0.1, -0.05) is 39.8 Å². The van der Waals surface area contributed by atoms with Gasteiger partial charge in [0.15, 0.2) is 0 Å². The second-order valence-corrected chi connectivity index (χ2v) is 7.78. The van der Waals surface area contributed by atoms with Crippen LogP contribution in [0, 0.1) is 0 Å². The van der Waals surface area contributed by atoms with Crippen molar-refractivity contribution in [1.29, 1.82) is 0 Å². The van der Waals surface area contributed by atoms with Crippen molar-refractivity contribution in [2.75, 3.05) is 6.54 Å². The summed E-state index contributed by atoms with van der Waals surface area (Å²) in [4.78, 5) is 1.37. The first-order valence-corrected chi connectivity index (χ1v) is 8.23. The van der Waals surface area contributed by atoms with Crippen LogP contribution in [0.1, 0.15) is 59.4 Å². The standard InChI is InChI=1S/C17H29NS/c1-7-17(5,6)18-12-14(4)19-16-10-8-15(9-11-16)13(2)3/h8-11,13-14,18H,7,12H2,1-6H3. The minimum Gasteiger partial charge on any atom is -0.311 e. The highest BCUT2D eigenvalue weighted by Gasteiger charge is 2.15. The third-order valence-corrected chi connectivity index (χ3v) is 4.75. The molecule has 19 heavy (non-hydrogen) atoms. The molecule has 0 spiro atoms. The molecule has 0 radical (unpaired) electrons. The Morgan fingerprint density at radius 3 is 2.16 bits per heavy atom. The maximum absolute atomic E-state index is 3.64. The Morgan fingerprint density at radius 1 is 1.11 bits per heavy atom. The highest BCUT2D eigenvalue weighted by molar-refractivity contribution is 8.00. The predicted molar refractivity (Wildman–Crippen MR) is 88.2 cm³/mol. The van der Waals surface area contributed by atoms with E-state index in [9.17, 15) is 0 Å². The zero-order valence-corrected chi connectivity index (χ0v) is 14.1. The molecule has 0 fully saturated rings. The molecule has 0 heterocycles. The van der Waals surface area contributed by atoms with Crippen molar-refractivity contribution in [3.8, 4) is 0 Å². The minimum atomic E-state index is 0.246. The minimum absolute atomic E-state index is 0.246. The molecule has 1 aromatic carbocycles. The van der Waals surface area contributed by atoms with Crippen molar-refractivity contribution in [2.24, 2.45) is 0 Å². The molecule has 1 N–H and O–H groups in total. The van der Waals surface area contributed by atoms with E-state index in [0.29, 0.717) is 11.2 Å². The lowest BCUT2D eigenvalue weighted by Crippen LogP contribution is -2.41. The molecule has 0 aliphatic heterocycles. The number of thioether (sulfide) groups is 1. The molecule has 0 saturated heterocycles. The Morgan fingerprint density at radius 2 is 1.68 bits per heavy atom. The first-order valence-electron chi connectivity index (χ1n) is 7.35. The second-order valence-electron chi connectivity index (χ2n) is 6.27. The van der Waals surface area contributed by atoms with Gasteiger partial charge in [0.1, 0.15) is 0 Å². The quantitative estimate of drug-likeness (QED) is 0.699. The lowest BCUT2D eigenvalue weighted by Gasteiger charge is -2.26. The van der Waals surface area contributed by atoms with Crippen LogP contribution in [-0.4, -0.2) is 17.3 Å². The van der Waals surface area contributed by atoms with Crippen LogP contribution in [-0.2, 0) is 0 Å². The van der Waals surface area contributed by atoms with Gasteiger partial charge in [0.25, 0.3) is 0 Å². The van der Waals surface area contributed by atoms with E-state index in [1.165, 1.54) is 10.5 Å². The molecule has 2 heteroatoms. The summed E-state index contributed by atoms with van der Waals surface area (Å²) >= 11 is 1.95. The van der Waals surface area contributed by atoms with Crippen molar-refractivity contribution in [2.45, 2.75) is 69.6 Å². The monoisotopic (exact) mass is 279 g/mol. The molecule has 0 aromatic heterocycles. The maximum atomic E-state index is 3.64. The Balaban J connectivity index is 2.46. The van der Waals surface area contributed by atoms with Gasteiger partial charge in [-0.2, -0.15) is 0 Å². The fraction of sp³-hybridized carbons (Fsp3) is 0.647. The summed E-state index contributed by atoms with van der Waals surface area (Å²) in [6.45, 7) is 14.6. The van der Waals surface area contributed by atoms with E-state index >= 15 is 0 Å². The van der Waals surface area contributed by atoms with Gasteiger partial charge in [0.2, 0.25) is 0 Å². The topological polar surface area (TPSA) is 12.0 Å². The molecule has 1 unspecified atom stereocenters. The van der Waals surface area contributed by atoms with Crippen molar-refractivity contribution >= 4 is 11.8 Å². The maximum Gasteiger partial charge on any atom is 0.0191 e. The van der Waals surface area contributed by atoms with E-state index in [2.05, 4.69) is 71.1 Å².